The lowest BCUT2D eigenvalue weighted by molar-refractivity contribution is -0.0461. The zero-order valence-electron chi connectivity index (χ0n) is 15.1. The summed E-state index contributed by atoms with van der Waals surface area (Å²) in [5.41, 5.74) is 3.02. The van der Waals surface area contributed by atoms with Gasteiger partial charge in [0, 0.05) is 24.7 Å². The second kappa shape index (κ2) is 8.02. The van der Waals surface area contributed by atoms with Crippen LogP contribution in [0.4, 0.5) is 0 Å². The van der Waals surface area contributed by atoms with Crippen molar-refractivity contribution in [2.75, 3.05) is 26.2 Å². The highest BCUT2D eigenvalue weighted by Gasteiger charge is 2.32. The van der Waals surface area contributed by atoms with Crippen LogP contribution >= 0.6 is 0 Å². The number of fused-ring (bicyclic) bond motifs is 1. The molecule has 2 atom stereocenters. The first-order valence-electron chi connectivity index (χ1n) is 9.55. The predicted octanol–water partition coefficient (Wildman–Crippen LogP) is 2.87. The molecule has 2 heterocycles. The molecule has 0 spiro atoms. The summed E-state index contributed by atoms with van der Waals surface area (Å²) in [6.45, 7) is 3.46. The molecule has 2 aliphatic rings. The summed E-state index contributed by atoms with van der Waals surface area (Å²) in [7, 11) is 0. The Morgan fingerprint density at radius 3 is 2.81 bits per heavy atom. The van der Waals surface area contributed by atoms with Crippen LogP contribution < -0.4 is 5.32 Å². The Morgan fingerprint density at radius 1 is 1.12 bits per heavy atom. The van der Waals surface area contributed by atoms with Gasteiger partial charge in [0.15, 0.2) is 0 Å². The predicted molar refractivity (Wildman–Crippen MR) is 102 cm³/mol. The lowest BCUT2D eigenvalue weighted by atomic mass is 9.99. The van der Waals surface area contributed by atoms with E-state index in [-0.39, 0.29) is 12.0 Å². The fourth-order valence-electron chi connectivity index (χ4n) is 4.02. The van der Waals surface area contributed by atoms with Crippen LogP contribution in [0.3, 0.4) is 0 Å². The van der Waals surface area contributed by atoms with E-state index < -0.39 is 0 Å². The van der Waals surface area contributed by atoms with Crippen LogP contribution in [0, 0.1) is 0 Å². The fraction of sp³-hybridized carbons (Fsp3) is 0.409. The van der Waals surface area contributed by atoms with E-state index in [2.05, 4.69) is 22.3 Å². The molecule has 2 aromatic rings. The van der Waals surface area contributed by atoms with Gasteiger partial charge in [-0.25, -0.2) is 0 Å². The molecular formula is C22H26N2O2. The molecule has 2 saturated heterocycles. The van der Waals surface area contributed by atoms with Gasteiger partial charge in [0.2, 0.25) is 0 Å². The first kappa shape index (κ1) is 17.3. The fourth-order valence-corrected chi connectivity index (χ4v) is 4.02. The number of morpholine rings is 1. The molecule has 0 unspecified atom stereocenters. The maximum atomic E-state index is 12.7. The average Bonchev–Trinajstić information content (AvgIpc) is 3.15. The Morgan fingerprint density at radius 2 is 1.92 bits per heavy atom. The van der Waals surface area contributed by atoms with E-state index in [9.17, 15) is 4.79 Å². The van der Waals surface area contributed by atoms with Crippen molar-refractivity contribution >= 4 is 5.91 Å². The summed E-state index contributed by atoms with van der Waals surface area (Å²) in [6.07, 6.45) is 3.36. The minimum Gasteiger partial charge on any atom is -0.373 e. The smallest absolute Gasteiger partial charge is 0.251 e. The van der Waals surface area contributed by atoms with Crippen molar-refractivity contribution in [1.29, 1.82) is 0 Å². The van der Waals surface area contributed by atoms with Crippen LogP contribution in [-0.2, 0) is 11.2 Å². The number of nitrogens with one attached hydrogen (secondary N) is 1. The van der Waals surface area contributed by atoms with Gasteiger partial charge < -0.3 is 10.1 Å². The van der Waals surface area contributed by atoms with E-state index in [1.807, 2.05) is 42.5 Å². The SMILES string of the molecule is O=C(NC[C@H]1CN2CCC[C@@H]2CO1)c1ccccc1Cc1ccccc1. The second-order valence-corrected chi connectivity index (χ2v) is 7.28. The van der Waals surface area contributed by atoms with Crippen molar-refractivity contribution in [3.63, 3.8) is 0 Å². The van der Waals surface area contributed by atoms with Crippen LogP contribution in [0.15, 0.2) is 54.6 Å². The van der Waals surface area contributed by atoms with Crippen molar-refractivity contribution in [2.45, 2.75) is 31.4 Å². The van der Waals surface area contributed by atoms with Gasteiger partial charge in [-0.2, -0.15) is 0 Å². The Kier molecular flexibility index (Phi) is 5.32. The van der Waals surface area contributed by atoms with Gasteiger partial charge in [0.25, 0.3) is 5.91 Å². The minimum atomic E-state index is -0.0105. The van der Waals surface area contributed by atoms with Gasteiger partial charge in [0.05, 0.1) is 12.7 Å². The molecule has 136 valence electrons. The Labute approximate surface area is 155 Å². The lowest BCUT2D eigenvalue weighted by Gasteiger charge is -2.35. The van der Waals surface area contributed by atoms with E-state index in [4.69, 9.17) is 4.74 Å². The van der Waals surface area contributed by atoms with E-state index >= 15 is 0 Å². The number of rotatable bonds is 5. The molecule has 0 aromatic heterocycles. The Balaban J connectivity index is 1.37. The van der Waals surface area contributed by atoms with E-state index in [0.29, 0.717) is 12.6 Å². The van der Waals surface area contributed by atoms with E-state index in [1.54, 1.807) is 0 Å². The maximum Gasteiger partial charge on any atom is 0.251 e. The number of ether oxygens (including phenoxy) is 1. The van der Waals surface area contributed by atoms with Crippen LogP contribution in [0.25, 0.3) is 0 Å². The zero-order valence-corrected chi connectivity index (χ0v) is 15.1. The third kappa shape index (κ3) is 3.97. The number of carbonyl (C=O) groups is 1. The Hall–Kier alpha value is -2.17. The molecule has 4 nitrogen and oxygen atoms in total. The summed E-state index contributed by atoms with van der Waals surface area (Å²) < 4.78 is 5.95. The van der Waals surface area contributed by atoms with Crippen molar-refractivity contribution in [3.05, 3.63) is 71.3 Å². The van der Waals surface area contributed by atoms with E-state index in [0.717, 1.165) is 30.7 Å². The number of hydrogen-bond acceptors (Lipinski definition) is 3. The summed E-state index contributed by atoms with van der Waals surface area (Å²) in [5.74, 6) is -0.0105. The molecule has 4 heteroatoms. The van der Waals surface area contributed by atoms with Crippen LogP contribution in [-0.4, -0.2) is 49.2 Å². The summed E-state index contributed by atoms with van der Waals surface area (Å²) >= 11 is 0. The monoisotopic (exact) mass is 350 g/mol. The summed E-state index contributed by atoms with van der Waals surface area (Å²) in [6, 6.07) is 18.7. The highest BCUT2D eigenvalue weighted by Crippen LogP contribution is 2.22. The van der Waals surface area contributed by atoms with E-state index in [1.165, 1.54) is 24.9 Å². The van der Waals surface area contributed by atoms with Crippen molar-refractivity contribution in [3.8, 4) is 0 Å². The lowest BCUT2D eigenvalue weighted by Crippen LogP contribution is -2.50. The molecule has 0 saturated carbocycles. The highest BCUT2D eigenvalue weighted by molar-refractivity contribution is 5.95. The molecule has 26 heavy (non-hydrogen) atoms. The van der Waals surface area contributed by atoms with Crippen LogP contribution in [0.1, 0.15) is 34.3 Å². The van der Waals surface area contributed by atoms with Gasteiger partial charge in [0.1, 0.15) is 0 Å². The number of hydrogen-bond donors (Lipinski definition) is 1. The van der Waals surface area contributed by atoms with Crippen molar-refractivity contribution in [1.82, 2.24) is 10.2 Å². The van der Waals surface area contributed by atoms with Gasteiger partial charge in [-0.15, -0.1) is 0 Å². The summed E-state index contributed by atoms with van der Waals surface area (Å²) in [5, 5.41) is 3.08. The topological polar surface area (TPSA) is 41.6 Å². The molecule has 0 bridgehead atoms. The standard InChI is InChI=1S/C22H26N2O2/c25-22(23-14-20-15-24-12-6-10-19(24)16-26-20)21-11-5-4-9-18(21)13-17-7-2-1-3-8-17/h1-5,7-9,11,19-20H,6,10,12-16H2,(H,23,25)/t19-,20+/m1/s1. The van der Waals surface area contributed by atoms with Gasteiger partial charge in [-0.05, 0) is 43.0 Å². The van der Waals surface area contributed by atoms with Crippen molar-refractivity contribution in [2.24, 2.45) is 0 Å². The highest BCUT2D eigenvalue weighted by atomic mass is 16.5. The molecule has 0 aliphatic carbocycles. The molecule has 4 rings (SSSR count). The van der Waals surface area contributed by atoms with Crippen LogP contribution in [0.5, 0.6) is 0 Å². The number of carbonyl (C=O) groups excluding carboxylic acids is 1. The minimum absolute atomic E-state index is 0.0105. The maximum absolute atomic E-state index is 12.7. The molecule has 0 radical (unpaired) electrons. The molecule has 2 aromatic carbocycles. The quantitative estimate of drug-likeness (QED) is 0.902. The molecule has 1 N–H and O–H groups in total. The molecular weight excluding hydrogens is 324 g/mol. The Bertz CT molecular complexity index is 747. The number of benzene rings is 2. The first-order valence-corrected chi connectivity index (χ1v) is 9.55. The largest absolute Gasteiger partial charge is 0.373 e. The molecule has 2 aliphatic heterocycles. The van der Waals surface area contributed by atoms with Gasteiger partial charge in [-0.3, -0.25) is 9.69 Å². The summed E-state index contributed by atoms with van der Waals surface area (Å²) in [4.78, 5) is 15.2. The number of amides is 1. The molecule has 1 amide bonds. The zero-order chi connectivity index (χ0) is 17.8. The third-order valence-corrected chi connectivity index (χ3v) is 5.45. The van der Waals surface area contributed by atoms with Crippen LogP contribution in [0.2, 0.25) is 0 Å². The van der Waals surface area contributed by atoms with Crippen molar-refractivity contribution < 1.29 is 9.53 Å². The second-order valence-electron chi connectivity index (χ2n) is 7.28. The number of nitrogens with zero attached hydrogens (tertiary/aromatic N) is 1. The van der Waals surface area contributed by atoms with Gasteiger partial charge >= 0.3 is 0 Å². The molecule has 2 fully saturated rings. The normalized spacial score (nSPS) is 22.8. The average molecular weight is 350 g/mol. The third-order valence-electron chi connectivity index (χ3n) is 5.45. The first-order chi connectivity index (χ1) is 12.8. The van der Waals surface area contributed by atoms with Gasteiger partial charge in [-0.1, -0.05) is 48.5 Å².